The van der Waals surface area contributed by atoms with Crippen LogP contribution >= 0.6 is 57.7 Å². The predicted molar refractivity (Wildman–Crippen MR) is 74.3 cm³/mol. The maximum Gasteiger partial charge on any atom is 0.277 e. The van der Waals surface area contributed by atoms with Gasteiger partial charge in [0.05, 0.1) is 15.1 Å². The van der Waals surface area contributed by atoms with Crippen LogP contribution in [0.1, 0.15) is 10.5 Å². The lowest BCUT2D eigenvalue weighted by atomic mass is 10.3. The smallest absolute Gasteiger partial charge is 0.277 e. The maximum atomic E-state index is 11.9. The van der Waals surface area contributed by atoms with Crippen LogP contribution in [0, 0.1) is 0 Å². The number of pyridine rings is 1. The molecule has 0 spiro atoms. The highest BCUT2D eigenvalue weighted by Gasteiger charge is 2.20. The molecule has 0 bridgehead atoms. The van der Waals surface area contributed by atoms with Crippen molar-refractivity contribution in [3.63, 3.8) is 0 Å². The van der Waals surface area contributed by atoms with E-state index in [4.69, 9.17) is 46.4 Å². The average Bonchev–Trinajstić information content (AvgIpc) is 2.83. The Kier molecular flexibility index (Phi) is 4.29. The SMILES string of the molecule is O=C(Nc1nccs1)c1nc(Cl)c(Cl)c(Cl)c1Cl. The van der Waals surface area contributed by atoms with Gasteiger partial charge in [0, 0.05) is 11.6 Å². The molecule has 4 nitrogen and oxygen atoms in total. The molecule has 2 heterocycles. The van der Waals surface area contributed by atoms with E-state index in [1.165, 1.54) is 11.3 Å². The summed E-state index contributed by atoms with van der Waals surface area (Å²) in [7, 11) is 0. The molecule has 0 unspecified atom stereocenters. The first kappa shape index (κ1) is 13.8. The van der Waals surface area contributed by atoms with Crippen LogP contribution < -0.4 is 5.32 Å². The number of hydrogen-bond donors (Lipinski definition) is 1. The Morgan fingerprint density at radius 2 is 1.89 bits per heavy atom. The third kappa shape index (κ3) is 2.70. The largest absolute Gasteiger partial charge is 0.296 e. The van der Waals surface area contributed by atoms with Crippen LogP contribution in [0.3, 0.4) is 0 Å². The Balaban J connectivity index is 2.36. The van der Waals surface area contributed by atoms with Crippen LogP contribution in [0.5, 0.6) is 0 Å². The number of nitrogens with one attached hydrogen (secondary N) is 1. The lowest BCUT2D eigenvalue weighted by Crippen LogP contribution is -2.14. The Morgan fingerprint density at radius 1 is 1.17 bits per heavy atom. The molecule has 0 aliphatic heterocycles. The number of thiazole rings is 1. The summed E-state index contributed by atoms with van der Waals surface area (Å²) in [6.07, 6.45) is 1.55. The summed E-state index contributed by atoms with van der Waals surface area (Å²) in [5.41, 5.74) is -0.105. The second-order valence-electron chi connectivity index (χ2n) is 2.98. The second kappa shape index (κ2) is 5.59. The maximum absolute atomic E-state index is 11.9. The summed E-state index contributed by atoms with van der Waals surface area (Å²) in [5.74, 6) is -0.560. The summed E-state index contributed by atoms with van der Waals surface area (Å²) >= 11 is 24.5. The third-order valence-electron chi connectivity index (χ3n) is 1.85. The molecule has 1 N–H and O–H groups in total. The average molecular weight is 343 g/mol. The molecule has 1 amide bonds. The monoisotopic (exact) mass is 341 g/mol. The standard InChI is InChI=1S/C9H3Cl4N3OS/c10-3-4(11)6(15-7(13)5(3)12)8(17)16-9-14-1-2-18-9/h1-2H,(H,14,16,17). The van der Waals surface area contributed by atoms with E-state index in [1.54, 1.807) is 11.6 Å². The molecule has 0 saturated carbocycles. The topological polar surface area (TPSA) is 54.9 Å². The van der Waals surface area contributed by atoms with E-state index in [1.807, 2.05) is 0 Å². The lowest BCUT2D eigenvalue weighted by molar-refractivity contribution is 0.102. The van der Waals surface area contributed by atoms with Crippen molar-refractivity contribution < 1.29 is 4.79 Å². The number of carbonyl (C=O) groups excluding carboxylic acids is 1. The van der Waals surface area contributed by atoms with Gasteiger partial charge in [-0.1, -0.05) is 46.4 Å². The molecule has 0 atom stereocenters. The molecular formula is C9H3Cl4N3OS. The highest BCUT2D eigenvalue weighted by atomic mass is 35.5. The highest BCUT2D eigenvalue weighted by Crippen LogP contribution is 2.36. The fraction of sp³-hybridized carbons (Fsp3) is 0. The third-order valence-corrected chi connectivity index (χ3v) is 4.22. The zero-order valence-corrected chi connectivity index (χ0v) is 12.2. The summed E-state index contributed by atoms with van der Waals surface area (Å²) < 4.78 is 0. The number of hydrogen-bond acceptors (Lipinski definition) is 4. The van der Waals surface area contributed by atoms with Crippen LogP contribution in [0.2, 0.25) is 20.2 Å². The van der Waals surface area contributed by atoms with Gasteiger partial charge in [-0.15, -0.1) is 11.3 Å². The molecule has 2 aromatic rings. The minimum Gasteiger partial charge on any atom is -0.296 e. The molecule has 0 fully saturated rings. The van der Waals surface area contributed by atoms with Crippen molar-refractivity contribution in [3.8, 4) is 0 Å². The van der Waals surface area contributed by atoms with Crippen molar-refractivity contribution in [2.75, 3.05) is 5.32 Å². The van der Waals surface area contributed by atoms with Gasteiger partial charge in [-0.2, -0.15) is 0 Å². The van der Waals surface area contributed by atoms with Gasteiger partial charge >= 0.3 is 0 Å². The lowest BCUT2D eigenvalue weighted by Gasteiger charge is -2.07. The minimum atomic E-state index is -0.560. The second-order valence-corrected chi connectivity index (χ2v) is 5.37. The fourth-order valence-electron chi connectivity index (χ4n) is 1.08. The number of nitrogens with zero attached hydrogens (tertiary/aromatic N) is 2. The molecule has 2 rings (SSSR count). The summed E-state index contributed by atoms with van der Waals surface area (Å²) in [4.78, 5) is 19.6. The number of amides is 1. The van der Waals surface area contributed by atoms with Gasteiger partial charge in [0.1, 0.15) is 5.15 Å². The van der Waals surface area contributed by atoms with Crippen LogP contribution in [0.25, 0.3) is 0 Å². The van der Waals surface area contributed by atoms with Gasteiger partial charge < -0.3 is 0 Å². The van der Waals surface area contributed by atoms with Crippen molar-refractivity contribution in [1.82, 2.24) is 9.97 Å². The van der Waals surface area contributed by atoms with Gasteiger partial charge in [-0.25, -0.2) is 9.97 Å². The van der Waals surface area contributed by atoms with E-state index in [9.17, 15) is 4.79 Å². The van der Waals surface area contributed by atoms with E-state index < -0.39 is 5.91 Å². The normalized spacial score (nSPS) is 10.4. The highest BCUT2D eigenvalue weighted by molar-refractivity contribution is 7.13. The van der Waals surface area contributed by atoms with Gasteiger partial charge in [-0.05, 0) is 0 Å². The molecule has 18 heavy (non-hydrogen) atoms. The number of carbonyl (C=O) groups is 1. The molecule has 0 aliphatic rings. The van der Waals surface area contributed by atoms with Crippen molar-refractivity contribution in [2.45, 2.75) is 0 Å². The Labute approximate surface area is 126 Å². The Morgan fingerprint density at radius 3 is 2.50 bits per heavy atom. The van der Waals surface area contributed by atoms with E-state index in [0.717, 1.165) is 0 Å². The number of anilines is 1. The van der Waals surface area contributed by atoms with Crippen LogP contribution in [0.15, 0.2) is 11.6 Å². The number of halogens is 4. The molecule has 2 aromatic heterocycles. The zero-order chi connectivity index (χ0) is 13.3. The summed E-state index contributed by atoms with van der Waals surface area (Å²) in [5, 5.41) is 4.50. The van der Waals surface area contributed by atoms with Crippen LogP contribution in [0.4, 0.5) is 5.13 Å². The number of rotatable bonds is 2. The fourth-order valence-corrected chi connectivity index (χ4v) is 2.42. The Bertz CT molecular complexity index is 602. The van der Waals surface area contributed by atoms with E-state index in [-0.39, 0.29) is 25.9 Å². The quantitative estimate of drug-likeness (QED) is 0.822. The van der Waals surface area contributed by atoms with Crippen molar-refractivity contribution in [2.24, 2.45) is 0 Å². The van der Waals surface area contributed by atoms with Crippen molar-refractivity contribution >= 4 is 68.8 Å². The molecule has 0 radical (unpaired) electrons. The molecule has 94 valence electrons. The van der Waals surface area contributed by atoms with E-state index in [0.29, 0.717) is 5.13 Å². The van der Waals surface area contributed by atoms with E-state index in [2.05, 4.69) is 15.3 Å². The zero-order valence-electron chi connectivity index (χ0n) is 8.38. The Hall–Kier alpha value is -0.590. The van der Waals surface area contributed by atoms with Crippen LogP contribution in [-0.2, 0) is 0 Å². The molecule has 0 aromatic carbocycles. The van der Waals surface area contributed by atoms with Crippen molar-refractivity contribution in [1.29, 1.82) is 0 Å². The summed E-state index contributed by atoms with van der Waals surface area (Å²) in [6, 6.07) is 0. The van der Waals surface area contributed by atoms with E-state index >= 15 is 0 Å². The van der Waals surface area contributed by atoms with Crippen LogP contribution in [-0.4, -0.2) is 15.9 Å². The summed E-state index contributed by atoms with van der Waals surface area (Å²) in [6.45, 7) is 0. The molecular weight excluding hydrogens is 340 g/mol. The first-order chi connectivity index (χ1) is 8.50. The molecule has 0 aliphatic carbocycles. The van der Waals surface area contributed by atoms with Gasteiger partial charge in [0.2, 0.25) is 0 Å². The first-order valence-electron chi connectivity index (χ1n) is 4.41. The molecule has 9 heteroatoms. The molecule has 0 saturated heterocycles. The van der Waals surface area contributed by atoms with Crippen molar-refractivity contribution in [3.05, 3.63) is 37.5 Å². The number of aromatic nitrogens is 2. The van der Waals surface area contributed by atoms with Gasteiger partial charge in [-0.3, -0.25) is 10.1 Å². The van der Waals surface area contributed by atoms with Gasteiger partial charge in [0.25, 0.3) is 5.91 Å². The predicted octanol–water partition coefficient (Wildman–Crippen LogP) is 4.40. The minimum absolute atomic E-state index is 0.00846. The van der Waals surface area contributed by atoms with Gasteiger partial charge in [0.15, 0.2) is 10.8 Å². The first-order valence-corrected chi connectivity index (χ1v) is 6.80.